The molecule has 1 fully saturated rings. The van der Waals surface area contributed by atoms with E-state index in [0.717, 1.165) is 21.9 Å². The molecule has 3 amide bonds. The van der Waals surface area contributed by atoms with E-state index in [9.17, 15) is 19.8 Å². The van der Waals surface area contributed by atoms with Crippen molar-refractivity contribution in [2.24, 2.45) is 0 Å². The molecule has 0 saturated carbocycles. The zero-order valence-electron chi connectivity index (χ0n) is 14.6. The van der Waals surface area contributed by atoms with Crippen LogP contribution in [0.2, 0.25) is 0 Å². The largest absolute Gasteiger partial charge is 0.508 e. The fourth-order valence-electron chi connectivity index (χ4n) is 3.35. The van der Waals surface area contributed by atoms with Gasteiger partial charge in [-0.1, -0.05) is 42.5 Å². The number of nitrogens with one attached hydrogen (secondary N) is 2. The molecule has 0 radical (unpaired) electrons. The second kappa shape index (κ2) is 6.10. The zero-order chi connectivity index (χ0) is 19.2. The van der Waals surface area contributed by atoms with Crippen molar-refractivity contribution in [2.75, 3.05) is 0 Å². The molecule has 3 aromatic carbocycles. The number of aliphatic hydroxyl groups excluding tert-OH is 1. The summed E-state index contributed by atoms with van der Waals surface area (Å²) in [6, 6.07) is 17.7. The van der Waals surface area contributed by atoms with E-state index in [-0.39, 0.29) is 5.75 Å². The molecular formula is C21H18N2O4. The highest BCUT2D eigenvalue weighted by Gasteiger charge is 2.48. The third-order valence-corrected chi connectivity index (χ3v) is 5.00. The number of benzene rings is 3. The lowest BCUT2D eigenvalue weighted by molar-refractivity contribution is -0.127. The molecule has 1 aliphatic heterocycles. The Morgan fingerprint density at radius 2 is 1.52 bits per heavy atom. The highest BCUT2D eigenvalue weighted by molar-refractivity contribution is 6.07. The second-order valence-electron chi connectivity index (χ2n) is 6.88. The molecule has 2 atom stereocenters. The molecule has 4 N–H and O–H groups in total. The van der Waals surface area contributed by atoms with Crippen LogP contribution in [0.1, 0.15) is 18.6 Å². The minimum Gasteiger partial charge on any atom is -0.508 e. The van der Waals surface area contributed by atoms with Crippen LogP contribution in [-0.2, 0) is 4.79 Å². The van der Waals surface area contributed by atoms with Crippen molar-refractivity contribution in [2.45, 2.75) is 18.6 Å². The summed E-state index contributed by atoms with van der Waals surface area (Å²) in [5.74, 6) is -0.327. The Kier molecular flexibility index (Phi) is 3.86. The first-order valence-electron chi connectivity index (χ1n) is 8.51. The highest BCUT2D eigenvalue weighted by atomic mass is 16.3. The number of imide groups is 1. The topological polar surface area (TPSA) is 98.7 Å². The van der Waals surface area contributed by atoms with Gasteiger partial charge in [-0.2, -0.15) is 0 Å². The van der Waals surface area contributed by atoms with E-state index in [4.69, 9.17) is 0 Å². The minimum atomic E-state index is -1.40. The smallest absolute Gasteiger partial charge is 0.322 e. The number of phenolic OH excluding ortho intramolecular Hbond substituents is 1. The Morgan fingerprint density at radius 3 is 2.19 bits per heavy atom. The number of aliphatic hydroxyl groups is 1. The van der Waals surface area contributed by atoms with Gasteiger partial charge in [0.05, 0.1) is 0 Å². The SMILES string of the molecule is C[C@]1([C@H](O)c2ccc(-c3ccc4cc(O)ccc4c3)cc2)NC(=O)NC1=O. The summed E-state index contributed by atoms with van der Waals surface area (Å²) in [7, 11) is 0. The number of carbonyl (C=O) groups is 2. The third kappa shape index (κ3) is 2.90. The monoisotopic (exact) mass is 362 g/mol. The van der Waals surface area contributed by atoms with E-state index >= 15 is 0 Å². The lowest BCUT2D eigenvalue weighted by Crippen LogP contribution is -2.49. The fourth-order valence-corrected chi connectivity index (χ4v) is 3.35. The predicted molar refractivity (Wildman–Crippen MR) is 101 cm³/mol. The summed E-state index contributed by atoms with van der Waals surface area (Å²) < 4.78 is 0. The predicted octanol–water partition coefficient (Wildman–Crippen LogP) is 2.84. The van der Waals surface area contributed by atoms with Crippen molar-refractivity contribution < 1.29 is 19.8 Å². The van der Waals surface area contributed by atoms with Crippen molar-refractivity contribution in [3.63, 3.8) is 0 Å². The van der Waals surface area contributed by atoms with Gasteiger partial charge in [0.2, 0.25) is 0 Å². The quantitative estimate of drug-likeness (QED) is 0.539. The van der Waals surface area contributed by atoms with Crippen molar-refractivity contribution >= 4 is 22.7 Å². The molecule has 0 spiro atoms. The molecule has 3 aromatic rings. The first-order chi connectivity index (χ1) is 12.9. The molecule has 0 bridgehead atoms. The van der Waals surface area contributed by atoms with Gasteiger partial charge in [-0.25, -0.2) is 4.79 Å². The van der Waals surface area contributed by atoms with E-state index in [0.29, 0.717) is 5.56 Å². The Bertz CT molecular complexity index is 1060. The second-order valence-corrected chi connectivity index (χ2v) is 6.88. The van der Waals surface area contributed by atoms with Gasteiger partial charge in [-0.3, -0.25) is 10.1 Å². The molecule has 4 rings (SSSR count). The Balaban J connectivity index is 1.63. The summed E-state index contributed by atoms with van der Waals surface area (Å²) in [4.78, 5) is 23.4. The summed E-state index contributed by atoms with van der Waals surface area (Å²) in [6.07, 6.45) is -1.17. The Labute approximate surface area is 155 Å². The van der Waals surface area contributed by atoms with E-state index in [2.05, 4.69) is 10.6 Å². The summed E-state index contributed by atoms with van der Waals surface area (Å²) in [5, 5.41) is 26.7. The lowest BCUT2D eigenvalue weighted by Gasteiger charge is -2.27. The van der Waals surface area contributed by atoms with E-state index < -0.39 is 23.6 Å². The molecule has 1 heterocycles. The maximum absolute atomic E-state index is 12.0. The zero-order valence-corrected chi connectivity index (χ0v) is 14.6. The van der Waals surface area contributed by atoms with Crippen LogP contribution in [0, 0.1) is 0 Å². The average molecular weight is 362 g/mol. The van der Waals surface area contributed by atoms with Crippen LogP contribution >= 0.6 is 0 Å². The molecule has 0 aliphatic carbocycles. The fraction of sp³-hybridized carbons (Fsp3) is 0.143. The van der Waals surface area contributed by atoms with Crippen molar-refractivity contribution in [3.8, 4) is 16.9 Å². The van der Waals surface area contributed by atoms with Gasteiger partial charge < -0.3 is 15.5 Å². The van der Waals surface area contributed by atoms with Gasteiger partial charge in [0.15, 0.2) is 0 Å². The van der Waals surface area contributed by atoms with Crippen molar-refractivity contribution in [1.29, 1.82) is 0 Å². The number of rotatable bonds is 3. The maximum Gasteiger partial charge on any atom is 0.322 e. The summed E-state index contributed by atoms with van der Waals surface area (Å²) >= 11 is 0. The first-order valence-corrected chi connectivity index (χ1v) is 8.51. The molecule has 6 nitrogen and oxygen atoms in total. The van der Waals surface area contributed by atoms with E-state index in [1.807, 2.05) is 36.4 Å². The van der Waals surface area contributed by atoms with Crippen LogP contribution in [0.5, 0.6) is 5.75 Å². The number of carbonyl (C=O) groups excluding carboxylic acids is 2. The Morgan fingerprint density at radius 1 is 0.889 bits per heavy atom. The lowest BCUT2D eigenvalue weighted by atomic mass is 9.88. The number of hydrogen-bond donors (Lipinski definition) is 4. The van der Waals surface area contributed by atoms with Crippen LogP contribution in [0.4, 0.5) is 4.79 Å². The normalized spacial score (nSPS) is 20.4. The molecular weight excluding hydrogens is 344 g/mol. The number of hydrogen-bond acceptors (Lipinski definition) is 4. The maximum atomic E-state index is 12.0. The van der Waals surface area contributed by atoms with E-state index in [1.165, 1.54) is 6.92 Å². The van der Waals surface area contributed by atoms with Gasteiger partial charge in [0, 0.05) is 0 Å². The molecule has 1 aliphatic rings. The van der Waals surface area contributed by atoms with E-state index in [1.54, 1.807) is 24.3 Å². The first kappa shape index (κ1) is 17.1. The standard InChI is InChI=1S/C21H18N2O4/c1-21(19(26)22-20(27)23-21)18(25)13-4-2-12(3-5-13)14-6-7-16-11-17(24)9-8-15(16)10-14/h2-11,18,24-25H,1H3,(H2,22,23,26,27)/t18-,21-/m1/s1. The van der Waals surface area contributed by atoms with Crippen LogP contribution in [0.3, 0.4) is 0 Å². The van der Waals surface area contributed by atoms with Crippen LogP contribution < -0.4 is 10.6 Å². The summed E-state index contributed by atoms with van der Waals surface area (Å²) in [6.45, 7) is 1.49. The number of amides is 3. The number of urea groups is 1. The minimum absolute atomic E-state index is 0.227. The average Bonchev–Trinajstić information content (AvgIpc) is 2.93. The van der Waals surface area contributed by atoms with Gasteiger partial charge in [-0.15, -0.1) is 0 Å². The number of phenols is 1. The molecule has 1 saturated heterocycles. The highest BCUT2D eigenvalue weighted by Crippen LogP contribution is 2.31. The van der Waals surface area contributed by atoms with Gasteiger partial charge in [-0.05, 0) is 52.6 Å². The van der Waals surface area contributed by atoms with Crippen molar-refractivity contribution in [3.05, 3.63) is 66.2 Å². The molecule has 6 heteroatoms. The third-order valence-electron chi connectivity index (χ3n) is 5.00. The molecule has 0 aromatic heterocycles. The van der Waals surface area contributed by atoms with Gasteiger partial charge in [0.25, 0.3) is 5.91 Å². The van der Waals surface area contributed by atoms with Crippen LogP contribution in [-0.4, -0.2) is 27.7 Å². The number of aromatic hydroxyl groups is 1. The summed E-state index contributed by atoms with van der Waals surface area (Å²) in [5.41, 5.74) is 1.08. The molecule has 0 unspecified atom stereocenters. The van der Waals surface area contributed by atoms with Crippen molar-refractivity contribution in [1.82, 2.24) is 10.6 Å². The molecule has 136 valence electrons. The molecule has 27 heavy (non-hydrogen) atoms. The number of fused-ring (bicyclic) bond motifs is 1. The van der Waals surface area contributed by atoms with Crippen LogP contribution in [0.25, 0.3) is 21.9 Å². The van der Waals surface area contributed by atoms with Gasteiger partial charge >= 0.3 is 6.03 Å². The van der Waals surface area contributed by atoms with Crippen LogP contribution in [0.15, 0.2) is 60.7 Å². The van der Waals surface area contributed by atoms with Gasteiger partial charge in [0.1, 0.15) is 17.4 Å². The Hall–Kier alpha value is -3.38.